The van der Waals surface area contributed by atoms with Gasteiger partial charge in [-0.2, -0.15) is 0 Å². The number of ether oxygens (including phenoxy) is 2. The van der Waals surface area contributed by atoms with Gasteiger partial charge in [0.25, 0.3) is 0 Å². The van der Waals surface area contributed by atoms with E-state index in [1.807, 2.05) is 31.2 Å². The van der Waals surface area contributed by atoms with Gasteiger partial charge in [-0.1, -0.05) is 24.3 Å². The van der Waals surface area contributed by atoms with Crippen molar-refractivity contribution in [1.82, 2.24) is 5.32 Å². The summed E-state index contributed by atoms with van der Waals surface area (Å²) in [7, 11) is 0. The molecule has 1 aliphatic heterocycles. The van der Waals surface area contributed by atoms with Crippen LogP contribution in [0.25, 0.3) is 0 Å². The summed E-state index contributed by atoms with van der Waals surface area (Å²) in [5, 5.41) is 2.91. The molecule has 1 aromatic rings. The fourth-order valence-corrected chi connectivity index (χ4v) is 2.24. The third-order valence-electron chi connectivity index (χ3n) is 3.64. The minimum atomic E-state index is -0.441. The summed E-state index contributed by atoms with van der Waals surface area (Å²) in [5.41, 5.74) is 2.31. The second kappa shape index (κ2) is 7.41. The lowest BCUT2D eigenvalue weighted by molar-refractivity contribution is -0.133. The molecule has 0 unspecified atom stereocenters. The van der Waals surface area contributed by atoms with Crippen molar-refractivity contribution in [3.63, 3.8) is 0 Å². The van der Waals surface area contributed by atoms with E-state index >= 15 is 0 Å². The Kier molecular flexibility index (Phi) is 5.56. The number of aryl methyl sites for hydroxylation is 1. The van der Waals surface area contributed by atoms with Gasteiger partial charge >= 0.3 is 0 Å². The molecule has 2 rings (SSSR count). The summed E-state index contributed by atoms with van der Waals surface area (Å²) in [6, 6.07) is 8.03. The Morgan fingerprint density at radius 3 is 3.00 bits per heavy atom. The molecule has 20 heavy (non-hydrogen) atoms. The van der Waals surface area contributed by atoms with E-state index in [0.29, 0.717) is 13.2 Å². The minimum Gasteiger partial charge on any atom is -0.376 e. The van der Waals surface area contributed by atoms with Crippen LogP contribution in [0.1, 0.15) is 30.9 Å². The quantitative estimate of drug-likeness (QED) is 0.867. The van der Waals surface area contributed by atoms with Crippen molar-refractivity contribution in [2.45, 2.75) is 45.4 Å². The fraction of sp³-hybridized carbons (Fsp3) is 0.562. The van der Waals surface area contributed by atoms with Crippen LogP contribution < -0.4 is 5.32 Å². The topological polar surface area (TPSA) is 47.6 Å². The van der Waals surface area contributed by atoms with Gasteiger partial charge in [-0.3, -0.25) is 4.79 Å². The standard InChI is InChI=1S/C16H23NO3/c1-12-6-3-4-7-14(12)10-17-16(18)13(2)20-11-15-8-5-9-19-15/h3-4,6-7,13,15H,5,8-11H2,1-2H3,(H,17,18)/t13-,15+/m0/s1. The first-order valence-corrected chi connectivity index (χ1v) is 7.22. The first kappa shape index (κ1) is 15.0. The molecule has 0 aliphatic carbocycles. The average molecular weight is 277 g/mol. The van der Waals surface area contributed by atoms with E-state index in [0.717, 1.165) is 25.0 Å². The number of amides is 1. The zero-order chi connectivity index (χ0) is 14.4. The van der Waals surface area contributed by atoms with Crippen molar-refractivity contribution >= 4 is 5.91 Å². The van der Waals surface area contributed by atoms with Crippen molar-refractivity contribution in [2.75, 3.05) is 13.2 Å². The lowest BCUT2D eigenvalue weighted by Gasteiger charge is -2.16. The predicted molar refractivity (Wildman–Crippen MR) is 77.4 cm³/mol. The summed E-state index contributed by atoms with van der Waals surface area (Å²) in [6.07, 6.45) is 1.82. The number of hydrogen-bond acceptors (Lipinski definition) is 3. The van der Waals surface area contributed by atoms with Gasteiger partial charge in [0.2, 0.25) is 5.91 Å². The number of carbonyl (C=O) groups is 1. The molecule has 0 spiro atoms. The molecule has 1 fully saturated rings. The SMILES string of the molecule is Cc1ccccc1CNC(=O)[C@H](C)OC[C@H]1CCCO1. The Labute approximate surface area is 120 Å². The van der Waals surface area contributed by atoms with Gasteiger partial charge in [-0.05, 0) is 37.8 Å². The van der Waals surface area contributed by atoms with E-state index in [1.165, 1.54) is 5.56 Å². The molecule has 1 N–H and O–H groups in total. The van der Waals surface area contributed by atoms with E-state index in [9.17, 15) is 4.79 Å². The van der Waals surface area contributed by atoms with Crippen molar-refractivity contribution in [3.05, 3.63) is 35.4 Å². The Morgan fingerprint density at radius 1 is 1.50 bits per heavy atom. The Bertz CT molecular complexity index is 441. The van der Waals surface area contributed by atoms with Crippen LogP contribution in [-0.4, -0.2) is 31.3 Å². The maximum absolute atomic E-state index is 12.0. The zero-order valence-electron chi connectivity index (χ0n) is 12.2. The van der Waals surface area contributed by atoms with E-state index < -0.39 is 6.10 Å². The molecular weight excluding hydrogens is 254 g/mol. The molecule has 1 saturated heterocycles. The van der Waals surface area contributed by atoms with Crippen LogP contribution in [0, 0.1) is 6.92 Å². The van der Waals surface area contributed by atoms with Gasteiger partial charge in [0.05, 0.1) is 12.7 Å². The number of nitrogens with one attached hydrogen (secondary N) is 1. The van der Waals surface area contributed by atoms with Gasteiger partial charge in [0.15, 0.2) is 0 Å². The minimum absolute atomic E-state index is 0.0775. The Balaban J connectivity index is 1.72. The van der Waals surface area contributed by atoms with Crippen LogP contribution in [0.4, 0.5) is 0 Å². The summed E-state index contributed by atoms with van der Waals surface area (Å²) in [5.74, 6) is -0.0775. The van der Waals surface area contributed by atoms with Crippen LogP contribution in [-0.2, 0) is 20.8 Å². The Hall–Kier alpha value is -1.39. The maximum Gasteiger partial charge on any atom is 0.249 e. The molecule has 110 valence electrons. The molecule has 0 aromatic heterocycles. The predicted octanol–water partition coefficient (Wildman–Crippen LogP) is 2.20. The number of carbonyl (C=O) groups excluding carboxylic acids is 1. The molecule has 1 heterocycles. The lowest BCUT2D eigenvalue weighted by atomic mass is 10.1. The normalized spacial score (nSPS) is 19.8. The summed E-state index contributed by atoms with van der Waals surface area (Å²) in [6.45, 7) is 5.67. The molecule has 0 saturated carbocycles. The maximum atomic E-state index is 12.0. The van der Waals surface area contributed by atoms with Crippen LogP contribution in [0.15, 0.2) is 24.3 Å². The second-order valence-electron chi connectivity index (χ2n) is 5.25. The van der Waals surface area contributed by atoms with Crippen molar-refractivity contribution < 1.29 is 14.3 Å². The van der Waals surface area contributed by atoms with Gasteiger partial charge in [0.1, 0.15) is 6.10 Å². The summed E-state index contributed by atoms with van der Waals surface area (Å²) in [4.78, 5) is 12.0. The molecule has 0 radical (unpaired) electrons. The third kappa shape index (κ3) is 4.32. The second-order valence-corrected chi connectivity index (χ2v) is 5.25. The van der Waals surface area contributed by atoms with Crippen LogP contribution >= 0.6 is 0 Å². The molecule has 1 amide bonds. The number of hydrogen-bond donors (Lipinski definition) is 1. The summed E-state index contributed by atoms with van der Waals surface area (Å²) < 4.78 is 11.0. The first-order chi connectivity index (χ1) is 9.66. The molecule has 4 nitrogen and oxygen atoms in total. The van der Waals surface area contributed by atoms with E-state index in [2.05, 4.69) is 5.32 Å². The average Bonchev–Trinajstić information content (AvgIpc) is 2.97. The highest BCUT2D eigenvalue weighted by Crippen LogP contribution is 2.13. The van der Waals surface area contributed by atoms with Crippen molar-refractivity contribution in [2.24, 2.45) is 0 Å². The zero-order valence-corrected chi connectivity index (χ0v) is 12.2. The number of rotatable bonds is 6. The molecule has 0 bridgehead atoms. The van der Waals surface area contributed by atoms with Gasteiger partial charge < -0.3 is 14.8 Å². The first-order valence-electron chi connectivity index (χ1n) is 7.22. The van der Waals surface area contributed by atoms with Crippen molar-refractivity contribution in [3.8, 4) is 0 Å². The smallest absolute Gasteiger partial charge is 0.249 e. The highest BCUT2D eigenvalue weighted by atomic mass is 16.5. The molecule has 1 aliphatic rings. The molecule has 2 atom stereocenters. The molecule has 1 aromatic carbocycles. The van der Waals surface area contributed by atoms with Crippen molar-refractivity contribution in [1.29, 1.82) is 0 Å². The van der Waals surface area contributed by atoms with E-state index in [-0.39, 0.29) is 12.0 Å². The van der Waals surface area contributed by atoms with Crippen LogP contribution in [0.5, 0.6) is 0 Å². The van der Waals surface area contributed by atoms with Gasteiger partial charge in [0, 0.05) is 13.2 Å². The van der Waals surface area contributed by atoms with Crippen LogP contribution in [0.3, 0.4) is 0 Å². The van der Waals surface area contributed by atoms with Gasteiger partial charge in [-0.15, -0.1) is 0 Å². The van der Waals surface area contributed by atoms with E-state index in [4.69, 9.17) is 9.47 Å². The molecular formula is C16H23NO3. The monoisotopic (exact) mass is 277 g/mol. The highest BCUT2D eigenvalue weighted by Gasteiger charge is 2.19. The van der Waals surface area contributed by atoms with Gasteiger partial charge in [-0.25, -0.2) is 0 Å². The fourth-order valence-electron chi connectivity index (χ4n) is 2.24. The van der Waals surface area contributed by atoms with Crippen LogP contribution in [0.2, 0.25) is 0 Å². The highest BCUT2D eigenvalue weighted by molar-refractivity contribution is 5.80. The molecule has 4 heteroatoms. The lowest BCUT2D eigenvalue weighted by Crippen LogP contribution is -2.35. The Morgan fingerprint density at radius 2 is 2.30 bits per heavy atom. The summed E-state index contributed by atoms with van der Waals surface area (Å²) >= 11 is 0. The third-order valence-corrected chi connectivity index (χ3v) is 3.64. The largest absolute Gasteiger partial charge is 0.376 e. The number of benzene rings is 1. The van der Waals surface area contributed by atoms with E-state index in [1.54, 1.807) is 6.92 Å².